The van der Waals surface area contributed by atoms with E-state index in [2.05, 4.69) is 55.5 Å². The highest BCUT2D eigenvalue weighted by Crippen LogP contribution is 2.44. The van der Waals surface area contributed by atoms with E-state index in [4.69, 9.17) is 14.2 Å². The predicted octanol–water partition coefficient (Wildman–Crippen LogP) is 7.03. The van der Waals surface area contributed by atoms with Gasteiger partial charge in [0.05, 0.1) is 6.61 Å². The van der Waals surface area contributed by atoms with Gasteiger partial charge in [0.1, 0.15) is 12.4 Å². The van der Waals surface area contributed by atoms with Crippen LogP contribution in [0.15, 0.2) is 72.8 Å². The van der Waals surface area contributed by atoms with Crippen LogP contribution in [0.3, 0.4) is 0 Å². The Morgan fingerprint density at radius 3 is 2.28 bits per heavy atom. The number of aryl methyl sites for hydroxylation is 1. The minimum Gasteiger partial charge on any atom is -0.490 e. The van der Waals surface area contributed by atoms with Gasteiger partial charge in [-0.2, -0.15) is 0 Å². The fourth-order valence-corrected chi connectivity index (χ4v) is 4.71. The minimum atomic E-state index is -0.587. The van der Waals surface area contributed by atoms with Gasteiger partial charge in [-0.3, -0.25) is 0 Å². The summed E-state index contributed by atoms with van der Waals surface area (Å²) in [7, 11) is 0. The number of carbonyl (C=O) groups excluding carboxylic acids is 1. The summed E-state index contributed by atoms with van der Waals surface area (Å²) in [6.45, 7) is 7.20. The zero-order valence-corrected chi connectivity index (χ0v) is 21.6. The topological polar surface area (TPSA) is 44.8 Å². The number of fused-ring (bicyclic) bond motifs is 3. The maximum atomic E-state index is 12.1. The Balaban J connectivity index is 1.45. The smallest absolute Gasteiger partial charge is 0.335 e. The second-order valence-electron chi connectivity index (χ2n) is 9.00. The highest BCUT2D eigenvalue weighted by molar-refractivity contribution is 6.01. The molecule has 1 aliphatic rings. The lowest BCUT2D eigenvalue weighted by atomic mass is 9.99. The Kier molecular flexibility index (Phi) is 8.96. The average Bonchev–Trinajstić information content (AvgIpc) is 3.21. The SMILES string of the molecule is CCCCc1ccc2c(c1)/C(=C\COc1ccc(CC(OCC)C(=O)OCC)cc1)c1ccccc1-2. The molecule has 4 rings (SSSR count). The third-order valence-corrected chi connectivity index (χ3v) is 6.50. The molecule has 0 heterocycles. The van der Waals surface area contributed by atoms with Crippen molar-refractivity contribution in [2.45, 2.75) is 52.6 Å². The molecule has 4 heteroatoms. The highest BCUT2D eigenvalue weighted by Gasteiger charge is 2.23. The molecule has 3 aromatic carbocycles. The van der Waals surface area contributed by atoms with Crippen LogP contribution in [0.25, 0.3) is 16.7 Å². The Hall–Kier alpha value is -3.37. The molecule has 0 aliphatic heterocycles. The lowest BCUT2D eigenvalue weighted by Crippen LogP contribution is -2.28. The number of ether oxygens (including phenoxy) is 3. The van der Waals surface area contributed by atoms with Gasteiger partial charge in [-0.05, 0) is 83.9 Å². The van der Waals surface area contributed by atoms with Gasteiger partial charge in [-0.25, -0.2) is 4.79 Å². The third kappa shape index (κ3) is 6.06. The molecule has 0 saturated heterocycles. The van der Waals surface area contributed by atoms with E-state index < -0.39 is 6.10 Å². The second-order valence-corrected chi connectivity index (χ2v) is 9.00. The van der Waals surface area contributed by atoms with Gasteiger partial charge in [0.15, 0.2) is 6.10 Å². The first kappa shape index (κ1) is 25.7. The number of carbonyl (C=O) groups is 1. The molecule has 3 aromatic rings. The normalized spacial score (nSPS) is 13.8. The molecule has 1 aliphatic carbocycles. The first-order chi connectivity index (χ1) is 17.6. The first-order valence-electron chi connectivity index (χ1n) is 13.1. The number of rotatable bonds is 12. The van der Waals surface area contributed by atoms with Crippen LogP contribution < -0.4 is 4.74 Å². The summed E-state index contributed by atoms with van der Waals surface area (Å²) in [5.74, 6) is 0.476. The molecule has 0 fully saturated rings. The van der Waals surface area contributed by atoms with Crippen LogP contribution in [-0.4, -0.2) is 31.9 Å². The predicted molar refractivity (Wildman–Crippen MR) is 145 cm³/mol. The zero-order valence-electron chi connectivity index (χ0n) is 21.6. The highest BCUT2D eigenvalue weighted by atomic mass is 16.6. The summed E-state index contributed by atoms with van der Waals surface area (Å²) in [4.78, 5) is 12.1. The van der Waals surface area contributed by atoms with E-state index in [0.29, 0.717) is 26.2 Å². The lowest BCUT2D eigenvalue weighted by molar-refractivity contribution is -0.156. The maximum absolute atomic E-state index is 12.1. The van der Waals surface area contributed by atoms with E-state index in [1.54, 1.807) is 6.92 Å². The molecule has 188 valence electrons. The largest absolute Gasteiger partial charge is 0.490 e. The Bertz CT molecular complexity index is 1190. The number of hydrogen-bond donors (Lipinski definition) is 0. The van der Waals surface area contributed by atoms with Gasteiger partial charge in [0.2, 0.25) is 0 Å². The van der Waals surface area contributed by atoms with Crippen LogP contribution in [0.4, 0.5) is 0 Å². The van der Waals surface area contributed by atoms with Crippen LogP contribution >= 0.6 is 0 Å². The van der Waals surface area contributed by atoms with Crippen molar-refractivity contribution in [2.24, 2.45) is 0 Å². The quantitative estimate of drug-likeness (QED) is 0.203. The van der Waals surface area contributed by atoms with Gasteiger partial charge in [0, 0.05) is 13.0 Å². The van der Waals surface area contributed by atoms with Crippen LogP contribution in [0.2, 0.25) is 0 Å². The summed E-state index contributed by atoms with van der Waals surface area (Å²) in [6, 6.07) is 23.3. The van der Waals surface area contributed by atoms with Crippen molar-refractivity contribution >= 4 is 11.5 Å². The molecule has 0 spiro atoms. The molecule has 0 radical (unpaired) electrons. The average molecular weight is 485 g/mol. The van der Waals surface area contributed by atoms with E-state index in [1.807, 2.05) is 31.2 Å². The fourth-order valence-electron chi connectivity index (χ4n) is 4.71. The Labute approximate surface area is 214 Å². The third-order valence-electron chi connectivity index (χ3n) is 6.50. The molecule has 0 aromatic heterocycles. The molecule has 36 heavy (non-hydrogen) atoms. The number of unbranched alkanes of at least 4 members (excludes halogenated alkanes) is 1. The van der Waals surface area contributed by atoms with Crippen molar-refractivity contribution in [3.8, 4) is 16.9 Å². The molecule has 1 unspecified atom stereocenters. The minimum absolute atomic E-state index is 0.318. The zero-order chi connectivity index (χ0) is 25.3. The van der Waals surface area contributed by atoms with Crippen molar-refractivity contribution in [1.29, 1.82) is 0 Å². The molecule has 0 bridgehead atoms. The molecule has 0 N–H and O–H groups in total. The Morgan fingerprint density at radius 1 is 0.833 bits per heavy atom. The van der Waals surface area contributed by atoms with E-state index in [0.717, 1.165) is 17.7 Å². The molecule has 0 amide bonds. The summed E-state index contributed by atoms with van der Waals surface area (Å²) in [6.07, 6.45) is 5.59. The summed E-state index contributed by atoms with van der Waals surface area (Å²) < 4.78 is 16.8. The summed E-state index contributed by atoms with van der Waals surface area (Å²) in [5.41, 5.74) is 8.78. The number of esters is 1. The molecule has 0 saturated carbocycles. The van der Waals surface area contributed by atoms with Gasteiger partial charge >= 0.3 is 5.97 Å². The standard InChI is InChI=1S/C32H36O4/c1-4-7-10-23-15-18-28-26-11-8-9-12-27(26)29(30(28)21-23)19-20-36-25-16-13-24(14-17-25)22-31(34-5-2)32(33)35-6-3/h8-9,11-19,21,31H,4-7,10,20,22H2,1-3H3/b29-19-. The molecule has 4 nitrogen and oxygen atoms in total. The lowest BCUT2D eigenvalue weighted by Gasteiger charge is -2.15. The summed E-state index contributed by atoms with van der Waals surface area (Å²) >= 11 is 0. The van der Waals surface area contributed by atoms with E-state index >= 15 is 0 Å². The van der Waals surface area contributed by atoms with Crippen LogP contribution in [0.1, 0.15) is 55.9 Å². The van der Waals surface area contributed by atoms with Crippen molar-refractivity contribution in [3.63, 3.8) is 0 Å². The number of hydrogen-bond acceptors (Lipinski definition) is 4. The van der Waals surface area contributed by atoms with Crippen molar-refractivity contribution in [1.82, 2.24) is 0 Å². The first-order valence-corrected chi connectivity index (χ1v) is 13.1. The van der Waals surface area contributed by atoms with Gasteiger partial charge in [-0.1, -0.05) is 67.9 Å². The van der Waals surface area contributed by atoms with Gasteiger partial charge < -0.3 is 14.2 Å². The van der Waals surface area contributed by atoms with Crippen LogP contribution in [0.5, 0.6) is 5.75 Å². The second kappa shape index (κ2) is 12.5. The van der Waals surface area contributed by atoms with Crippen molar-refractivity contribution in [3.05, 3.63) is 95.1 Å². The Morgan fingerprint density at radius 2 is 1.56 bits per heavy atom. The van der Waals surface area contributed by atoms with Crippen LogP contribution in [0, 0.1) is 0 Å². The maximum Gasteiger partial charge on any atom is 0.335 e. The molecular weight excluding hydrogens is 448 g/mol. The van der Waals surface area contributed by atoms with Crippen LogP contribution in [-0.2, 0) is 27.1 Å². The van der Waals surface area contributed by atoms with E-state index in [1.165, 1.54) is 46.2 Å². The number of benzene rings is 3. The monoisotopic (exact) mass is 484 g/mol. The van der Waals surface area contributed by atoms with E-state index in [9.17, 15) is 4.79 Å². The van der Waals surface area contributed by atoms with E-state index in [-0.39, 0.29) is 5.97 Å². The van der Waals surface area contributed by atoms with Gasteiger partial charge in [0.25, 0.3) is 0 Å². The fraction of sp³-hybridized carbons (Fsp3) is 0.344. The molecule has 1 atom stereocenters. The summed E-state index contributed by atoms with van der Waals surface area (Å²) in [5, 5.41) is 0. The molecular formula is C32H36O4. The van der Waals surface area contributed by atoms with Crippen molar-refractivity contribution < 1.29 is 19.0 Å². The van der Waals surface area contributed by atoms with Gasteiger partial charge in [-0.15, -0.1) is 0 Å². The van der Waals surface area contributed by atoms with Crippen molar-refractivity contribution in [2.75, 3.05) is 19.8 Å².